The van der Waals surface area contributed by atoms with Crippen LogP contribution in [-0.2, 0) is 4.74 Å². The molecular weight excluding hydrogens is 277 g/mol. The van der Waals surface area contributed by atoms with Gasteiger partial charge in [-0.05, 0) is 12.5 Å². The molecule has 0 radical (unpaired) electrons. The molecular formula is C11H15Cl2N3O2. The minimum atomic E-state index is -1.16. The molecule has 1 saturated heterocycles. The van der Waals surface area contributed by atoms with Gasteiger partial charge in [-0.1, -0.05) is 37.0 Å². The number of alkyl halides is 2. The third-order valence-corrected chi connectivity index (χ3v) is 4.37. The molecule has 2 rings (SSSR count). The third kappa shape index (κ3) is 2.11. The third-order valence-electron chi connectivity index (χ3n) is 3.30. The second-order valence-electron chi connectivity index (χ2n) is 4.44. The van der Waals surface area contributed by atoms with Gasteiger partial charge in [0.05, 0.1) is 6.10 Å². The average molecular weight is 292 g/mol. The first-order valence-corrected chi connectivity index (χ1v) is 6.51. The first-order chi connectivity index (χ1) is 8.37. The van der Waals surface area contributed by atoms with Crippen LogP contribution in [0.2, 0.25) is 0 Å². The standard InChI is InChI=1S/C11H15Cl2N3O2/c1-3-7-6(2)11(12,13)9(18-7)16-5-4-8(14)15-10(16)17/h4-7,9H,3H2,1-2H3,(H2,14,15,17)/t6-,7-,9-/m1/s1. The predicted molar refractivity (Wildman–Crippen MR) is 70.7 cm³/mol. The van der Waals surface area contributed by atoms with E-state index in [4.69, 9.17) is 33.7 Å². The summed E-state index contributed by atoms with van der Waals surface area (Å²) in [6.07, 6.45) is 1.44. The fraction of sp³-hybridized carbons (Fsp3) is 0.636. The van der Waals surface area contributed by atoms with Crippen LogP contribution in [0.5, 0.6) is 0 Å². The molecule has 0 aliphatic carbocycles. The van der Waals surface area contributed by atoms with Crippen molar-refractivity contribution in [1.82, 2.24) is 9.55 Å². The molecule has 100 valence electrons. The summed E-state index contributed by atoms with van der Waals surface area (Å²) in [6, 6.07) is 1.51. The van der Waals surface area contributed by atoms with E-state index in [2.05, 4.69) is 4.98 Å². The van der Waals surface area contributed by atoms with Gasteiger partial charge >= 0.3 is 5.69 Å². The fourth-order valence-corrected chi connectivity index (χ4v) is 2.75. The van der Waals surface area contributed by atoms with E-state index in [9.17, 15) is 4.79 Å². The summed E-state index contributed by atoms with van der Waals surface area (Å²) < 4.78 is 5.88. The van der Waals surface area contributed by atoms with Crippen molar-refractivity contribution in [3.8, 4) is 0 Å². The van der Waals surface area contributed by atoms with E-state index in [1.807, 2.05) is 13.8 Å². The van der Waals surface area contributed by atoms with E-state index in [1.165, 1.54) is 16.8 Å². The molecule has 1 aromatic rings. The maximum Gasteiger partial charge on any atom is 0.351 e. The van der Waals surface area contributed by atoms with E-state index in [0.29, 0.717) is 0 Å². The van der Waals surface area contributed by atoms with Crippen LogP contribution in [0.3, 0.4) is 0 Å². The van der Waals surface area contributed by atoms with Crippen molar-refractivity contribution in [3.05, 3.63) is 22.7 Å². The molecule has 3 atom stereocenters. The topological polar surface area (TPSA) is 70.1 Å². The summed E-state index contributed by atoms with van der Waals surface area (Å²) in [5, 5.41) is 0. The van der Waals surface area contributed by atoms with Gasteiger partial charge in [0.25, 0.3) is 0 Å². The number of nitrogen functional groups attached to an aromatic ring is 1. The summed E-state index contributed by atoms with van der Waals surface area (Å²) >= 11 is 12.7. The van der Waals surface area contributed by atoms with Crippen LogP contribution in [0.15, 0.2) is 17.1 Å². The number of nitrogens with two attached hydrogens (primary N) is 1. The zero-order valence-electron chi connectivity index (χ0n) is 10.1. The lowest BCUT2D eigenvalue weighted by Crippen LogP contribution is -2.36. The lowest BCUT2D eigenvalue weighted by atomic mass is 10.0. The number of rotatable bonds is 2. The first kappa shape index (κ1) is 13.6. The van der Waals surface area contributed by atoms with Crippen LogP contribution in [0.25, 0.3) is 0 Å². The summed E-state index contributed by atoms with van der Waals surface area (Å²) in [6.45, 7) is 3.89. The van der Waals surface area contributed by atoms with Crippen molar-refractivity contribution in [2.45, 2.75) is 36.9 Å². The molecule has 1 aliphatic heterocycles. The number of aromatic nitrogens is 2. The van der Waals surface area contributed by atoms with Crippen molar-refractivity contribution < 1.29 is 4.74 Å². The second-order valence-corrected chi connectivity index (χ2v) is 5.88. The Labute approximate surface area is 115 Å². The number of nitrogens with zero attached hydrogens (tertiary/aromatic N) is 2. The van der Waals surface area contributed by atoms with Gasteiger partial charge in [-0.15, -0.1) is 0 Å². The van der Waals surface area contributed by atoms with Gasteiger partial charge in [-0.25, -0.2) is 4.79 Å². The monoisotopic (exact) mass is 291 g/mol. The maximum absolute atomic E-state index is 11.8. The number of anilines is 1. The zero-order valence-corrected chi connectivity index (χ0v) is 11.6. The Hall–Kier alpha value is -0.780. The molecule has 2 heterocycles. The summed E-state index contributed by atoms with van der Waals surface area (Å²) in [5.41, 5.74) is 4.92. The molecule has 5 nitrogen and oxygen atoms in total. The van der Waals surface area contributed by atoms with Gasteiger partial charge in [0.2, 0.25) is 0 Å². The normalized spacial score (nSPS) is 30.6. The highest BCUT2D eigenvalue weighted by Crippen LogP contribution is 2.50. The molecule has 1 aromatic heterocycles. The quantitative estimate of drug-likeness (QED) is 0.846. The summed E-state index contributed by atoms with van der Waals surface area (Å²) in [5.74, 6) is 0.0735. The van der Waals surface area contributed by atoms with Gasteiger partial charge in [-0.2, -0.15) is 4.98 Å². The van der Waals surface area contributed by atoms with Gasteiger partial charge in [0.1, 0.15) is 5.82 Å². The van der Waals surface area contributed by atoms with E-state index < -0.39 is 16.3 Å². The maximum atomic E-state index is 11.8. The lowest BCUT2D eigenvalue weighted by Gasteiger charge is -2.24. The van der Waals surface area contributed by atoms with Crippen LogP contribution < -0.4 is 11.4 Å². The zero-order chi connectivity index (χ0) is 13.5. The molecule has 0 aromatic carbocycles. The summed E-state index contributed by atoms with van der Waals surface area (Å²) in [7, 11) is 0. The average Bonchev–Trinajstić information content (AvgIpc) is 2.52. The van der Waals surface area contributed by atoms with Crippen LogP contribution in [0, 0.1) is 5.92 Å². The summed E-state index contributed by atoms with van der Waals surface area (Å²) in [4.78, 5) is 15.4. The predicted octanol–water partition coefficient (Wildman–Crippen LogP) is 1.94. The number of ether oxygens (including phenoxy) is 1. The number of hydrogen-bond donors (Lipinski definition) is 1. The van der Waals surface area contributed by atoms with Crippen molar-refractivity contribution in [1.29, 1.82) is 0 Å². The van der Waals surface area contributed by atoms with E-state index >= 15 is 0 Å². The molecule has 1 fully saturated rings. The van der Waals surface area contributed by atoms with E-state index in [-0.39, 0.29) is 17.8 Å². The van der Waals surface area contributed by atoms with Crippen LogP contribution in [-0.4, -0.2) is 20.0 Å². The number of hydrogen-bond acceptors (Lipinski definition) is 4. The van der Waals surface area contributed by atoms with Crippen LogP contribution in [0.1, 0.15) is 26.5 Å². The second kappa shape index (κ2) is 4.72. The highest BCUT2D eigenvalue weighted by atomic mass is 35.5. The Morgan fingerprint density at radius 3 is 2.78 bits per heavy atom. The molecule has 2 N–H and O–H groups in total. The molecule has 1 aliphatic rings. The van der Waals surface area contributed by atoms with Crippen molar-refractivity contribution in [2.24, 2.45) is 5.92 Å². The van der Waals surface area contributed by atoms with Gasteiger partial charge in [-0.3, -0.25) is 4.57 Å². The van der Waals surface area contributed by atoms with Gasteiger partial charge in [0, 0.05) is 12.1 Å². The van der Waals surface area contributed by atoms with Crippen LogP contribution >= 0.6 is 23.2 Å². The highest BCUT2D eigenvalue weighted by Gasteiger charge is 2.53. The lowest BCUT2D eigenvalue weighted by molar-refractivity contribution is -0.00914. The SMILES string of the molecule is CC[C@H]1O[C@@H](n2ccc(N)nc2=O)C(Cl)(Cl)[C@@H]1C. The molecule has 0 saturated carbocycles. The minimum absolute atomic E-state index is 0.0831. The molecule has 0 bridgehead atoms. The van der Waals surface area contributed by atoms with Gasteiger partial charge in [0.15, 0.2) is 10.6 Å². The van der Waals surface area contributed by atoms with Crippen molar-refractivity contribution >= 4 is 29.0 Å². The number of halogens is 2. The van der Waals surface area contributed by atoms with Crippen molar-refractivity contribution in [2.75, 3.05) is 5.73 Å². The van der Waals surface area contributed by atoms with Crippen LogP contribution in [0.4, 0.5) is 5.82 Å². The largest absolute Gasteiger partial charge is 0.383 e. The van der Waals surface area contributed by atoms with Crippen molar-refractivity contribution in [3.63, 3.8) is 0 Å². The molecule has 0 unspecified atom stereocenters. The molecule has 0 amide bonds. The smallest absolute Gasteiger partial charge is 0.351 e. The Morgan fingerprint density at radius 1 is 1.61 bits per heavy atom. The Bertz CT molecular complexity index is 503. The minimum Gasteiger partial charge on any atom is -0.383 e. The molecule has 18 heavy (non-hydrogen) atoms. The molecule has 7 heteroatoms. The fourth-order valence-electron chi connectivity index (χ4n) is 2.15. The van der Waals surface area contributed by atoms with E-state index in [0.717, 1.165) is 6.42 Å². The first-order valence-electron chi connectivity index (χ1n) is 5.75. The van der Waals surface area contributed by atoms with E-state index in [1.54, 1.807) is 0 Å². The van der Waals surface area contributed by atoms with Gasteiger partial charge < -0.3 is 10.5 Å². The molecule has 0 spiro atoms. The Morgan fingerprint density at radius 2 is 2.28 bits per heavy atom. The Kier molecular flexibility index (Phi) is 3.58. The highest BCUT2D eigenvalue weighted by molar-refractivity contribution is 6.49. The Balaban J connectivity index is 2.42.